The number of nitrogens with zero attached hydrogens (tertiary/aromatic N) is 3. The van der Waals surface area contributed by atoms with Crippen molar-refractivity contribution in [3.05, 3.63) is 108 Å². The highest BCUT2D eigenvalue weighted by Crippen LogP contribution is 2.32. The molecule has 0 spiro atoms. The molecule has 1 unspecified atom stereocenters. The Bertz CT molecular complexity index is 1420. The summed E-state index contributed by atoms with van der Waals surface area (Å²) in [7, 11) is 0. The largest absolute Gasteiger partial charge is 0.363 e. The van der Waals surface area contributed by atoms with E-state index in [1.807, 2.05) is 49.4 Å². The lowest BCUT2D eigenvalue weighted by molar-refractivity contribution is 0.511. The zero-order valence-corrected chi connectivity index (χ0v) is 17.8. The van der Waals surface area contributed by atoms with Crippen LogP contribution in [-0.4, -0.2) is 15.0 Å². The molecule has 0 saturated heterocycles. The number of benzene rings is 3. The van der Waals surface area contributed by atoms with Gasteiger partial charge in [-0.15, -0.1) is 0 Å². The number of nitrogens with one attached hydrogen (secondary N) is 1. The third-order valence-electron chi connectivity index (χ3n) is 5.53. The van der Waals surface area contributed by atoms with Crippen molar-refractivity contribution in [1.82, 2.24) is 15.0 Å². The van der Waals surface area contributed by atoms with Gasteiger partial charge in [-0.25, -0.2) is 18.7 Å². The summed E-state index contributed by atoms with van der Waals surface area (Å²) in [4.78, 5) is 13.7. The fraction of sp³-hybridized carbons (Fsp3) is 0.0741. The molecule has 33 heavy (non-hydrogen) atoms. The van der Waals surface area contributed by atoms with Gasteiger partial charge < -0.3 is 5.32 Å². The Kier molecular flexibility index (Phi) is 5.48. The number of pyridine rings is 1. The Morgan fingerprint density at radius 1 is 0.818 bits per heavy atom. The summed E-state index contributed by atoms with van der Waals surface area (Å²) in [6.07, 6.45) is 3.41. The smallest absolute Gasteiger partial charge is 0.166 e. The Hall–Kier alpha value is -4.19. The molecular weight excluding hydrogens is 418 g/mol. The summed E-state index contributed by atoms with van der Waals surface area (Å²) >= 11 is 0. The van der Waals surface area contributed by atoms with Gasteiger partial charge in [0.05, 0.1) is 5.52 Å². The molecule has 0 fully saturated rings. The molecule has 1 N–H and O–H groups in total. The third kappa shape index (κ3) is 4.15. The van der Waals surface area contributed by atoms with E-state index in [1.165, 1.54) is 6.07 Å². The first kappa shape index (κ1) is 20.7. The average Bonchev–Trinajstić information content (AvgIpc) is 2.86. The topological polar surface area (TPSA) is 50.7 Å². The van der Waals surface area contributed by atoms with Gasteiger partial charge in [0.1, 0.15) is 5.82 Å². The molecule has 0 saturated carbocycles. The van der Waals surface area contributed by atoms with Crippen molar-refractivity contribution >= 4 is 16.7 Å². The summed E-state index contributed by atoms with van der Waals surface area (Å²) < 4.78 is 28.3. The molecular formula is C27H20F2N4. The van der Waals surface area contributed by atoms with E-state index in [9.17, 15) is 8.78 Å². The van der Waals surface area contributed by atoms with Crippen molar-refractivity contribution in [1.29, 1.82) is 0 Å². The van der Waals surface area contributed by atoms with Crippen LogP contribution >= 0.6 is 0 Å². The number of hydrogen-bond donors (Lipinski definition) is 1. The zero-order chi connectivity index (χ0) is 22.8. The molecule has 4 nitrogen and oxygen atoms in total. The maximum atomic E-state index is 14.5. The van der Waals surface area contributed by atoms with Gasteiger partial charge >= 0.3 is 0 Å². The fourth-order valence-electron chi connectivity index (χ4n) is 3.79. The highest BCUT2D eigenvalue weighted by Gasteiger charge is 2.16. The van der Waals surface area contributed by atoms with Gasteiger partial charge in [-0.05, 0) is 48.4 Å². The number of halogens is 2. The monoisotopic (exact) mass is 438 g/mol. The molecule has 0 amide bonds. The number of rotatable bonds is 5. The number of fused-ring (bicyclic) bond motifs is 1. The van der Waals surface area contributed by atoms with Crippen LogP contribution in [0.5, 0.6) is 0 Å². The van der Waals surface area contributed by atoms with Crippen LogP contribution in [0.2, 0.25) is 0 Å². The van der Waals surface area contributed by atoms with Gasteiger partial charge in [-0.2, -0.15) is 0 Å². The molecule has 0 radical (unpaired) electrons. The maximum Gasteiger partial charge on any atom is 0.166 e. The Balaban J connectivity index is 1.66. The van der Waals surface area contributed by atoms with E-state index >= 15 is 0 Å². The molecule has 5 rings (SSSR count). The Morgan fingerprint density at radius 3 is 2.45 bits per heavy atom. The van der Waals surface area contributed by atoms with Crippen LogP contribution < -0.4 is 5.32 Å². The second kappa shape index (κ2) is 8.74. The van der Waals surface area contributed by atoms with E-state index in [0.717, 1.165) is 17.2 Å². The first-order chi connectivity index (χ1) is 16.1. The van der Waals surface area contributed by atoms with E-state index in [1.54, 1.807) is 36.7 Å². The van der Waals surface area contributed by atoms with Gasteiger partial charge in [-0.1, -0.05) is 48.5 Å². The highest BCUT2D eigenvalue weighted by molar-refractivity contribution is 5.94. The fourth-order valence-corrected chi connectivity index (χ4v) is 3.79. The molecule has 162 valence electrons. The first-order valence-corrected chi connectivity index (χ1v) is 10.6. The van der Waals surface area contributed by atoms with Crippen molar-refractivity contribution in [2.45, 2.75) is 13.0 Å². The van der Waals surface area contributed by atoms with Gasteiger partial charge in [0.15, 0.2) is 17.5 Å². The summed E-state index contributed by atoms with van der Waals surface area (Å²) in [5.41, 5.74) is 3.31. The SMILES string of the molecule is CC(Nc1nc(-c2cccnc2)nc2ccc(-c3cccc(F)c3F)cc12)c1ccccc1. The summed E-state index contributed by atoms with van der Waals surface area (Å²) in [5, 5.41) is 4.19. The van der Waals surface area contributed by atoms with Crippen molar-refractivity contribution < 1.29 is 8.78 Å². The minimum atomic E-state index is -0.883. The van der Waals surface area contributed by atoms with Crippen LogP contribution in [0.25, 0.3) is 33.4 Å². The minimum absolute atomic E-state index is 0.0411. The quantitative estimate of drug-likeness (QED) is 0.327. The lowest BCUT2D eigenvalue weighted by Gasteiger charge is -2.18. The molecule has 3 aromatic carbocycles. The molecule has 0 aliphatic carbocycles. The number of hydrogen-bond acceptors (Lipinski definition) is 4. The second-order valence-electron chi connectivity index (χ2n) is 7.75. The van der Waals surface area contributed by atoms with Gasteiger partial charge in [0.25, 0.3) is 0 Å². The van der Waals surface area contributed by atoms with Crippen LogP contribution in [0.1, 0.15) is 18.5 Å². The van der Waals surface area contributed by atoms with Crippen molar-refractivity contribution in [3.63, 3.8) is 0 Å². The average molecular weight is 438 g/mol. The maximum absolute atomic E-state index is 14.5. The standard InChI is InChI=1S/C27H20F2N4/c1-17(18-7-3-2-4-8-18)31-27-22-15-19(21-10-5-11-23(28)25(21)29)12-13-24(22)32-26(33-27)20-9-6-14-30-16-20/h2-17H,1H3,(H,31,32,33). The second-order valence-corrected chi connectivity index (χ2v) is 7.75. The van der Waals surface area contributed by atoms with Crippen LogP contribution in [0.4, 0.5) is 14.6 Å². The number of aromatic nitrogens is 3. The van der Waals surface area contributed by atoms with E-state index in [-0.39, 0.29) is 11.6 Å². The van der Waals surface area contributed by atoms with Crippen LogP contribution in [-0.2, 0) is 0 Å². The van der Waals surface area contributed by atoms with Gasteiger partial charge in [0, 0.05) is 34.9 Å². The Morgan fingerprint density at radius 2 is 1.67 bits per heavy atom. The minimum Gasteiger partial charge on any atom is -0.363 e. The predicted molar refractivity (Wildman–Crippen MR) is 127 cm³/mol. The first-order valence-electron chi connectivity index (χ1n) is 10.6. The van der Waals surface area contributed by atoms with Crippen LogP contribution in [0.15, 0.2) is 91.3 Å². The summed E-state index contributed by atoms with van der Waals surface area (Å²) in [6, 6.07) is 23.2. The van der Waals surface area contributed by atoms with E-state index in [4.69, 9.17) is 9.97 Å². The molecule has 0 aliphatic rings. The Labute approximate surface area is 190 Å². The third-order valence-corrected chi connectivity index (χ3v) is 5.53. The molecule has 1 atom stereocenters. The molecule has 2 heterocycles. The van der Waals surface area contributed by atoms with Crippen molar-refractivity contribution in [2.24, 2.45) is 0 Å². The molecule has 6 heteroatoms. The lowest BCUT2D eigenvalue weighted by atomic mass is 10.0. The van der Waals surface area contributed by atoms with Gasteiger partial charge in [0.2, 0.25) is 0 Å². The van der Waals surface area contributed by atoms with Crippen LogP contribution in [0, 0.1) is 11.6 Å². The van der Waals surface area contributed by atoms with E-state index < -0.39 is 11.6 Å². The molecule has 5 aromatic rings. The predicted octanol–water partition coefficient (Wildman–Crippen LogP) is 6.81. The van der Waals surface area contributed by atoms with E-state index in [2.05, 4.69) is 10.3 Å². The van der Waals surface area contributed by atoms with Crippen molar-refractivity contribution in [3.8, 4) is 22.5 Å². The zero-order valence-electron chi connectivity index (χ0n) is 17.8. The normalized spacial score (nSPS) is 12.0. The molecule has 0 bridgehead atoms. The van der Waals surface area contributed by atoms with Crippen LogP contribution in [0.3, 0.4) is 0 Å². The van der Waals surface area contributed by atoms with E-state index in [0.29, 0.717) is 28.1 Å². The van der Waals surface area contributed by atoms with Crippen molar-refractivity contribution in [2.75, 3.05) is 5.32 Å². The summed E-state index contributed by atoms with van der Waals surface area (Å²) in [6.45, 7) is 2.04. The molecule has 0 aliphatic heterocycles. The highest BCUT2D eigenvalue weighted by atomic mass is 19.2. The molecule has 2 aromatic heterocycles. The number of anilines is 1. The summed E-state index contributed by atoms with van der Waals surface area (Å²) in [5.74, 6) is -0.624. The lowest BCUT2D eigenvalue weighted by Crippen LogP contribution is -2.09. The van der Waals surface area contributed by atoms with Gasteiger partial charge in [-0.3, -0.25) is 4.98 Å².